The van der Waals surface area contributed by atoms with Gasteiger partial charge in [0.1, 0.15) is 24.8 Å². The zero-order chi connectivity index (χ0) is 14.6. The first-order chi connectivity index (χ1) is 9.50. The van der Waals surface area contributed by atoms with Crippen molar-refractivity contribution in [2.45, 2.75) is 19.4 Å². The van der Waals surface area contributed by atoms with Crippen molar-refractivity contribution in [1.82, 2.24) is 0 Å². The van der Waals surface area contributed by atoms with Gasteiger partial charge in [0, 0.05) is 12.1 Å². The van der Waals surface area contributed by atoms with Gasteiger partial charge in [0.05, 0.1) is 5.54 Å². The van der Waals surface area contributed by atoms with Crippen LogP contribution >= 0.6 is 12.4 Å². The van der Waals surface area contributed by atoms with Gasteiger partial charge in [0.25, 0.3) is 0 Å². The van der Waals surface area contributed by atoms with Gasteiger partial charge in [-0.15, -0.1) is 12.4 Å². The quantitative estimate of drug-likeness (QED) is 0.909. The van der Waals surface area contributed by atoms with Gasteiger partial charge < -0.3 is 15.2 Å². The van der Waals surface area contributed by atoms with E-state index in [1.807, 2.05) is 26.0 Å². The molecule has 0 bridgehead atoms. The summed E-state index contributed by atoms with van der Waals surface area (Å²) in [5.74, 6) is 0.852. The first-order valence-corrected chi connectivity index (χ1v) is 6.51. The summed E-state index contributed by atoms with van der Waals surface area (Å²) >= 11 is 0. The topological polar surface area (TPSA) is 56.8 Å². The smallest absolute Gasteiger partial charge is 0.216 e. The molecule has 116 valence electrons. The summed E-state index contributed by atoms with van der Waals surface area (Å²) in [5.41, 5.74) is 5.92. The van der Waals surface area contributed by atoms with Gasteiger partial charge in [0.15, 0.2) is 0 Å². The molecule has 0 amide bonds. The van der Waals surface area contributed by atoms with Gasteiger partial charge in [-0.2, -0.15) is 0 Å². The molecule has 1 heterocycles. The zero-order valence-electron chi connectivity index (χ0n) is 12.1. The molecule has 0 aliphatic carbocycles. The SMILES string of the molecule is CC1(C)COC(c2ccc(OC/C(F)=C/CN)cc2)=N1.Cl. The molecule has 21 heavy (non-hydrogen) atoms. The van der Waals surface area contributed by atoms with Crippen LogP contribution < -0.4 is 10.5 Å². The predicted molar refractivity (Wildman–Crippen MR) is 84.0 cm³/mol. The summed E-state index contributed by atoms with van der Waals surface area (Å²) in [6.07, 6.45) is 1.29. The summed E-state index contributed by atoms with van der Waals surface area (Å²) in [7, 11) is 0. The largest absolute Gasteiger partial charge is 0.487 e. The molecule has 0 radical (unpaired) electrons. The highest BCUT2D eigenvalue weighted by atomic mass is 35.5. The third kappa shape index (κ3) is 5.02. The molecule has 0 saturated heterocycles. The van der Waals surface area contributed by atoms with E-state index in [2.05, 4.69) is 4.99 Å². The van der Waals surface area contributed by atoms with Crippen LogP contribution in [0, 0.1) is 0 Å². The van der Waals surface area contributed by atoms with E-state index in [9.17, 15) is 4.39 Å². The van der Waals surface area contributed by atoms with Crippen LogP contribution in [-0.4, -0.2) is 31.2 Å². The van der Waals surface area contributed by atoms with E-state index in [4.69, 9.17) is 15.2 Å². The second kappa shape index (κ2) is 7.43. The predicted octanol–water partition coefficient (Wildman–Crippen LogP) is 2.85. The highest BCUT2D eigenvalue weighted by Crippen LogP contribution is 2.22. The molecule has 0 spiro atoms. The lowest BCUT2D eigenvalue weighted by Crippen LogP contribution is -2.17. The number of rotatable bonds is 5. The van der Waals surface area contributed by atoms with Crippen LogP contribution in [0.5, 0.6) is 5.75 Å². The Bertz CT molecular complexity index is 527. The Kier molecular flexibility index (Phi) is 6.18. The molecule has 1 aliphatic rings. The fourth-order valence-corrected chi connectivity index (χ4v) is 1.77. The molecule has 1 aromatic rings. The summed E-state index contributed by atoms with van der Waals surface area (Å²) in [6.45, 7) is 4.67. The lowest BCUT2D eigenvalue weighted by atomic mass is 10.1. The number of aliphatic imine (C=N–C) groups is 1. The number of benzene rings is 1. The Morgan fingerprint density at radius 2 is 2.10 bits per heavy atom. The Labute approximate surface area is 130 Å². The summed E-state index contributed by atoms with van der Waals surface area (Å²) in [4.78, 5) is 4.49. The molecule has 1 aromatic carbocycles. The first kappa shape index (κ1) is 17.5. The van der Waals surface area contributed by atoms with Gasteiger partial charge in [-0.1, -0.05) is 0 Å². The van der Waals surface area contributed by atoms with E-state index in [-0.39, 0.29) is 36.9 Å². The van der Waals surface area contributed by atoms with Gasteiger partial charge in [-0.25, -0.2) is 9.38 Å². The van der Waals surface area contributed by atoms with Gasteiger partial charge in [-0.3, -0.25) is 0 Å². The number of hydrogen-bond acceptors (Lipinski definition) is 4. The lowest BCUT2D eigenvalue weighted by Gasteiger charge is -2.07. The summed E-state index contributed by atoms with van der Waals surface area (Å²) in [5, 5.41) is 0. The van der Waals surface area contributed by atoms with Crippen molar-refractivity contribution in [3.63, 3.8) is 0 Å². The fourth-order valence-electron chi connectivity index (χ4n) is 1.77. The molecule has 2 N–H and O–H groups in total. The zero-order valence-corrected chi connectivity index (χ0v) is 13.0. The number of hydrogen-bond donors (Lipinski definition) is 1. The van der Waals surface area contributed by atoms with Crippen LogP contribution in [0.15, 0.2) is 41.2 Å². The maximum absolute atomic E-state index is 13.1. The molecule has 0 unspecified atom stereocenters. The van der Waals surface area contributed by atoms with Crippen molar-refractivity contribution in [3.8, 4) is 5.75 Å². The minimum atomic E-state index is -0.373. The number of nitrogens with zero attached hydrogens (tertiary/aromatic N) is 1. The molecular weight excluding hydrogens is 295 g/mol. The van der Waals surface area contributed by atoms with E-state index in [0.29, 0.717) is 18.3 Å². The Hall–Kier alpha value is -1.59. The molecule has 4 nitrogen and oxygen atoms in total. The van der Waals surface area contributed by atoms with Crippen LogP contribution in [0.3, 0.4) is 0 Å². The van der Waals surface area contributed by atoms with Crippen molar-refractivity contribution >= 4 is 18.3 Å². The maximum Gasteiger partial charge on any atom is 0.216 e. The molecule has 0 saturated carbocycles. The average Bonchev–Trinajstić information content (AvgIpc) is 2.78. The van der Waals surface area contributed by atoms with Crippen molar-refractivity contribution in [3.05, 3.63) is 41.7 Å². The van der Waals surface area contributed by atoms with Crippen molar-refractivity contribution < 1.29 is 13.9 Å². The minimum absolute atomic E-state index is 0. The van der Waals surface area contributed by atoms with Crippen molar-refractivity contribution in [1.29, 1.82) is 0 Å². The number of ether oxygens (including phenoxy) is 2. The Balaban J connectivity index is 0.00000220. The van der Waals surface area contributed by atoms with E-state index < -0.39 is 0 Å². The van der Waals surface area contributed by atoms with Crippen LogP contribution in [0.4, 0.5) is 4.39 Å². The fraction of sp³-hybridized carbons (Fsp3) is 0.400. The third-order valence-corrected chi connectivity index (χ3v) is 2.78. The Morgan fingerprint density at radius 1 is 1.43 bits per heavy atom. The molecule has 0 aromatic heterocycles. The molecule has 6 heteroatoms. The van der Waals surface area contributed by atoms with Crippen molar-refractivity contribution in [2.75, 3.05) is 19.8 Å². The van der Waals surface area contributed by atoms with Crippen molar-refractivity contribution in [2.24, 2.45) is 10.7 Å². The van der Waals surface area contributed by atoms with E-state index in [1.165, 1.54) is 6.08 Å². The molecule has 1 aliphatic heterocycles. The minimum Gasteiger partial charge on any atom is -0.487 e. The molecule has 0 fully saturated rings. The van der Waals surface area contributed by atoms with Crippen LogP contribution in [0.25, 0.3) is 0 Å². The maximum atomic E-state index is 13.1. The van der Waals surface area contributed by atoms with Gasteiger partial charge in [0.2, 0.25) is 5.90 Å². The Morgan fingerprint density at radius 3 is 2.62 bits per heavy atom. The summed E-state index contributed by atoms with van der Waals surface area (Å²) < 4.78 is 24.0. The number of halogens is 2. The number of nitrogens with two attached hydrogens (primary N) is 1. The standard InChI is InChI=1S/C15H19FN2O2.ClH/c1-15(2)10-20-14(18-15)11-3-5-13(6-4-11)19-9-12(16)7-8-17;/h3-7H,8-10,17H2,1-2H3;1H/b12-7-;. The van der Waals surface area contributed by atoms with Gasteiger partial charge in [-0.05, 0) is 44.2 Å². The first-order valence-electron chi connectivity index (χ1n) is 6.51. The van der Waals surface area contributed by atoms with Crippen LogP contribution in [0.1, 0.15) is 19.4 Å². The molecular formula is C15H20ClFN2O2. The molecule has 2 rings (SSSR count). The normalized spacial score (nSPS) is 16.8. The second-order valence-corrected chi connectivity index (χ2v) is 5.22. The second-order valence-electron chi connectivity index (χ2n) is 5.22. The van der Waals surface area contributed by atoms with E-state index >= 15 is 0 Å². The highest BCUT2D eigenvalue weighted by molar-refractivity contribution is 5.95. The third-order valence-electron chi connectivity index (χ3n) is 2.78. The monoisotopic (exact) mass is 314 g/mol. The molecule has 0 atom stereocenters. The van der Waals surface area contributed by atoms with Gasteiger partial charge >= 0.3 is 0 Å². The average molecular weight is 315 g/mol. The highest BCUT2D eigenvalue weighted by Gasteiger charge is 2.26. The van der Waals surface area contributed by atoms with Crippen LogP contribution in [-0.2, 0) is 4.74 Å². The van der Waals surface area contributed by atoms with E-state index in [0.717, 1.165) is 5.56 Å². The summed E-state index contributed by atoms with van der Waals surface area (Å²) in [6, 6.07) is 7.23. The van der Waals surface area contributed by atoms with Crippen LogP contribution in [0.2, 0.25) is 0 Å². The van der Waals surface area contributed by atoms with E-state index in [1.54, 1.807) is 12.1 Å². The lowest BCUT2D eigenvalue weighted by molar-refractivity contribution is 0.279.